The Morgan fingerprint density at radius 3 is 2.61 bits per heavy atom. The van der Waals surface area contributed by atoms with Crippen molar-refractivity contribution in [3.8, 4) is 0 Å². The Labute approximate surface area is 136 Å². The maximum absolute atomic E-state index is 11.9. The van der Waals surface area contributed by atoms with Crippen molar-refractivity contribution in [1.29, 1.82) is 0 Å². The zero-order valence-corrected chi connectivity index (χ0v) is 14.1. The highest BCUT2D eigenvalue weighted by Crippen LogP contribution is 2.12. The van der Waals surface area contributed by atoms with Crippen LogP contribution < -0.4 is 10.0 Å². The number of benzene rings is 1. The lowest BCUT2D eigenvalue weighted by atomic mass is 10.2. The summed E-state index contributed by atoms with van der Waals surface area (Å²) in [5.74, 6) is -1.13. The molecule has 0 aliphatic carbocycles. The van der Waals surface area contributed by atoms with E-state index in [4.69, 9.17) is 4.74 Å². The number of unbranched alkanes of at least 4 members (excludes halogenated alkanes) is 2. The van der Waals surface area contributed by atoms with Crippen LogP contribution in [0.3, 0.4) is 0 Å². The molecule has 0 aliphatic rings. The molecule has 2 N–H and O–H groups in total. The van der Waals surface area contributed by atoms with E-state index < -0.39 is 22.6 Å². The van der Waals surface area contributed by atoms with E-state index >= 15 is 0 Å². The number of nitrogens with one attached hydrogen (secondary N) is 2. The Kier molecular flexibility index (Phi) is 7.70. The summed E-state index contributed by atoms with van der Waals surface area (Å²) >= 11 is 0. The second-order valence-corrected chi connectivity index (χ2v) is 6.76. The van der Waals surface area contributed by atoms with E-state index in [-0.39, 0.29) is 16.4 Å². The van der Waals surface area contributed by atoms with Gasteiger partial charge in [0.2, 0.25) is 10.0 Å². The van der Waals surface area contributed by atoms with Gasteiger partial charge in [0.05, 0.1) is 10.5 Å². The van der Waals surface area contributed by atoms with Crippen LogP contribution in [0.5, 0.6) is 0 Å². The van der Waals surface area contributed by atoms with Crippen LogP contribution in [-0.4, -0.2) is 40.5 Å². The fourth-order valence-corrected chi connectivity index (χ4v) is 2.55. The van der Waals surface area contributed by atoms with Gasteiger partial charge in [0, 0.05) is 6.54 Å². The summed E-state index contributed by atoms with van der Waals surface area (Å²) in [6.45, 7) is 2.21. The first-order valence-corrected chi connectivity index (χ1v) is 8.86. The highest BCUT2D eigenvalue weighted by molar-refractivity contribution is 7.89. The Bertz CT molecular complexity index is 643. The Hall–Kier alpha value is -1.93. The second kappa shape index (κ2) is 9.26. The summed E-state index contributed by atoms with van der Waals surface area (Å²) < 4.78 is 30.4. The molecular formula is C15H22N2O5S. The number of hydrogen-bond donors (Lipinski definition) is 2. The number of hydrogen-bond acceptors (Lipinski definition) is 5. The first-order chi connectivity index (χ1) is 10.9. The maximum atomic E-state index is 11.9. The van der Waals surface area contributed by atoms with Gasteiger partial charge in [-0.2, -0.15) is 0 Å². The number of esters is 1. The number of rotatable bonds is 9. The SMILES string of the molecule is CCCCCNC(=O)COC(=O)c1cccc(S(=O)(=O)NC)c1. The van der Waals surface area contributed by atoms with Crippen LogP contribution in [0.2, 0.25) is 0 Å². The lowest BCUT2D eigenvalue weighted by Gasteiger charge is -2.07. The minimum Gasteiger partial charge on any atom is -0.452 e. The predicted octanol–water partition coefficient (Wildman–Crippen LogP) is 1.06. The molecule has 0 bridgehead atoms. The van der Waals surface area contributed by atoms with Gasteiger partial charge in [-0.25, -0.2) is 17.9 Å². The van der Waals surface area contributed by atoms with Crippen molar-refractivity contribution in [3.63, 3.8) is 0 Å². The quantitative estimate of drug-likeness (QED) is 0.516. The van der Waals surface area contributed by atoms with Crippen LogP contribution in [0, 0.1) is 0 Å². The van der Waals surface area contributed by atoms with E-state index in [0.717, 1.165) is 19.3 Å². The van der Waals surface area contributed by atoms with Gasteiger partial charge in [0.15, 0.2) is 6.61 Å². The van der Waals surface area contributed by atoms with Crippen molar-refractivity contribution < 1.29 is 22.7 Å². The van der Waals surface area contributed by atoms with E-state index in [1.807, 2.05) is 0 Å². The molecule has 0 atom stereocenters. The fraction of sp³-hybridized carbons (Fsp3) is 0.467. The van der Waals surface area contributed by atoms with Crippen molar-refractivity contribution in [1.82, 2.24) is 10.0 Å². The highest BCUT2D eigenvalue weighted by atomic mass is 32.2. The normalized spacial score (nSPS) is 11.0. The van der Waals surface area contributed by atoms with Crippen LogP contribution in [0.25, 0.3) is 0 Å². The third-order valence-electron chi connectivity index (χ3n) is 3.09. The molecule has 0 fully saturated rings. The van der Waals surface area contributed by atoms with Gasteiger partial charge in [-0.15, -0.1) is 0 Å². The molecule has 1 amide bonds. The molecule has 0 unspecified atom stereocenters. The molecule has 0 heterocycles. The third kappa shape index (κ3) is 6.37. The second-order valence-electron chi connectivity index (χ2n) is 4.87. The van der Waals surface area contributed by atoms with Crippen molar-refractivity contribution in [2.75, 3.05) is 20.2 Å². The Morgan fingerprint density at radius 1 is 1.22 bits per heavy atom. The third-order valence-corrected chi connectivity index (χ3v) is 4.50. The average molecular weight is 342 g/mol. The van der Waals surface area contributed by atoms with Gasteiger partial charge in [0.25, 0.3) is 5.91 Å². The van der Waals surface area contributed by atoms with Crippen molar-refractivity contribution >= 4 is 21.9 Å². The van der Waals surface area contributed by atoms with E-state index in [1.54, 1.807) is 0 Å². The van der Waals surface area contributed by atoms with Gasteiger partial charge in [0.1, 0.15) is 0 Å². The van der Waals surface area contributed by atoms with Gasteiger partial charge in [-0.3, -0.25) is 4.79 Å². The first kappa shape index (κ1) is 19.1. The summed E-state index contributed by atoms with van der Waals surface area (Å²) in [5.41, 5.74) is 0.0695. The van der Waals surface area contributed by atoms with Gasteiger partial charge < -0.3 is 10.1 Å². The molecule has 23 heavy (non-hydrogen) atoms. The molecule has 0 aromatic heterocycles. The fourth-order valence-electron chi connectivity index (χ4n) is 1.78. The highest BCUT2D eigenvalue weighted by Gasteiger charge is 2.15. The van der Waals surface area contributed by atoms with Crippen LogP contribution in [0.4, 0.5) is 0 Å². The van der Waals surface area contributed by atoms with Crippen LogP contribution in [0.1, 0.15) is 36.5 Å². The van der Waals surface area contributed by atoms with Crippen molar-refractivity contribution in [2.24, 2.45) is 0 Å². The molecule has 0 saturated carbocycles. The van der Waals surface area contributed by atoms with E-state index in [2.05, 4.69) is 17.0 Å². The zero-order valence-electron chi connectivity index (χ0n) is 13.3. The monoisotopic (exact) mass is 342 g/mol. The molecule has 1 rings (SSSR count). The lowest BCUT2D eigenvalue weighted by molar-refractivity contribution is -0.124. The van der Waals surface area contributed by atoms with E-state index in [9.17, 15) is 18.0 Å². The van der Waals surface area contributed by atoms with Gasteiger partial charge in [-0.05, 0) is 31.7 Å². The molecule has 0 radical (unpaired) electrons. The van der Waals surface area contributed by atoms with Crippen LogP contribution in [0.15, 0.2) is 29.2 Å². The number of carbonyl (C=O) groups excluding carboxylic acids is 2. The minimum atomic E-state index is -3.64. The summed E-state index contributed by atoms with van der Waals surface area (Å²) in [5, 5.41) is 2.65. The average Bonchev–Trinajstić information content (AvgIpc) is 2.56. The summed E-state index contributed by atoms with van der Waals surface area (Å²) in [6, 6.07) is 5.43. The predicted molar refractivity (Wildman–Crippen MR) is 85.5 cm³/mol. The summed E-state index contributed by atoms with van der Waals surface area (Å²) in [4.78, 5) is 23.4. The topological polar surface area (TPSA) is 102 Å². The van der Waals surface area contributed by atoms with Crippen molar-refractivity contribution in [2.45, 2.75) is 31.1 Å². The number of carbonyl (C=O) groups is 2. The zero-order chi connectivity index (χ0) is 17.3. The van der Waals surface area contributed by atoms with Crippen molar-refractivity contribution in [3.05, 3.63) is 29.8 Å². The van der Waals surface area contributed by atoms with Crippen LogP contribution >= 0.6 is 0 Å². The minimum absolute atomic E-state index is 0.0431. The Balaban J connectivity index is 2.55. The summed E-state index contributed by atoms with van der Waals surface area (Å²) in [6.07, 6.45) is 2.95. The molecule has 0 spiro atoms. The standard InChI is InChI=1S/C15H22N2O5S/c1-3-4-5-9-17-14(18)11-22-15(19)12-7-6-8-13(10-12)23(20,21)16-2/h6-8,10,16H,3-5,9,11H2,1-2H3,(H,17,18). The molecule has 7 nitrogen and oxygen atoms in total. The van der Waals surface area contributed by atoms with E-state index in [1.165, 1.54) is 31.3 Å². The van der Waals surface area contributed by atoms with Gasteiger partial charge >= 0.3 is 5.97 Å². The Morgan fingerprint density at radius 2 is 1.96 bits per heavy atom. The largest absolute Gasteiger partial charge is 0.452 e. The van der Waals surface area contributed by atoms with E-state index in [0.29, 0.717) is 6.54 Å². The smallest absolute Gasteiger partial charge is 0.338 e. The number of amides is 1. The lowest BCUT2D eigenvalue weighted by Crippen LogP contribution is -2.29. The summed E-state index contributed by atoms with van der Waals surface area (Å²) in [7, 11) is -2.36. The molecule has 0 aliphatic heterocycles. The number of sulfonamides is 1. The molecular weight excluding hydrogens is 320 g/mol. The molecule has 1 aromatic carbocycles. The first-order valence-electron chi connectivity index (χ1n) is 7.38. The van der Waals surface area contributed by atoms with Crippen LogP contribution in [-0.2, 0) is 19.6 Å². The number of ether oxygens (including phenoxy) is 1. The molecule has 1 aromatic rings. The maximum Gasteiger partial charge on any atom is 0.338 e. The molecule has 128 valence electrons. The molecule has 8 heteroatoms. The molecule has 0 saturated heterocycles. The van der Waals surface area contributed by atoms with Gasteiger partial charge in [-0.1, -0.05) is 25.8 Å².